The van der Waals surface area contributed by atoms with Gasteiger partial charge in [0.05, 0.1) is 0 Å². The van der Waals surface area contributed by atoms with Crippen LogP contribution in [-0.4, -0.2) is 46.9 Å². The summed E-state index contributed by atoms with van der Waals surface area (Å²) in [6.07, 6.45) is 30.9. The maximum Gasteiger partial charge on any atom is 0.303 e. The minimum atomic E-state index is -0.930. The standard InChI is InChI=1S/C37H72N2O4/c1-4-7-10-13-14-15-16-17-18-19-20-21-22-23-26-29-35(40)38-34(30-31-36(41)42)37(43)39(32-27-24-11-8-5-2)33-28-25-12-9-6-3/h34H,4-33H2,1-3H3,(H,38,40)(H,41,42). The third-order valence-electron chi connectivity index (χ3n) is 8.66. The predicted octanol–water partition coefficient (Wildman–Crippen LogP) is 10.4. The van der Waals surface area contributed by atoms with Gasteiger partial charge >= 0.3 is 5.97 Å². The highest BCUT2D eigenvalue weighted by Gasteiger charge is 2.26. The highest BCUT2D eigenvalue weighted by Crippen LogP contribution is 2.15. The van der Waals surface area contributed by atoms with E-state index in [4.69, 9.17) is 0 Å². The minimum absolute atomic E-state index is 0.0999. The SMILES string of the molecule is CCCCCCCCCCCCCCCCCC(=O)NC(CCC(=O)O)C(=O)N(CCCCCCC)CCCCCCC. The average Bonchev–Trinajstić information content (AvgIpc) is 2.99. The molecule has 254 valence electrons. The molecule has 2 N–H and O–H groups in total. The number of aliphatic carboxylic acids is 1. The van der Waals surface area contributed by atoms with E-state index in [1.54, 1.807) is 0 Å². The topological polar surface area (TPSA) is 86.7 Å². The second-order valence-corrected chi connectivity index (χ2v) is 12.9. The smallest absolute Gasteiger partial charge is 0.303 e. The van der Waals surface area contributed by atoms with E-state index in [1.165, 1.54) is 116 Å². The van der Waals surface area contributed by atoms with Gasteiger partial charge in [0.1, 0.15) is 6.04 Å². The molecule has 0 aromatic carbocycles. The van der Waals surface area contributed by atoms with Gasteiger partial charge in [0, 0.05) is 25.9 Å². The fraction of sp³-hybridized carbons (Fsp3) is 0.919. The molecule has 0 aromatic heterocycles. The predicted molar refractivity (Wildman–Crippen MR) is 182 cm³/mol. The first-order valence-corrected chi connectivity index (χ1v) is 18.8. The lowest BCUT2D eigenvalue weighted by Crippen LogP contribution is -2.49. The van der Waals surface area contributed by atoms with Gasteiger partial charge in [-0.05, 0) is 25.7 Å². The molecule has 0 aromatic rings. The summed E-state index contributed by atoms with van der Waals surface area (Å²) < 4.78 is 0. The van der Waals surface area contributed by atoms with E-state index in [0.29, 0.717) is 19.5 Å². The van der Waals surface area contributed by atoms with Crippen molar-refractivity contribution < 1.29 is 19.5 Å². The molecular formula is C37H72N2O4. The van der Waals surface area contributed by atoms with Crippen molar-refractivity contribution in [3.8, 4) is 0 Å². The van der Waals surface area contributed by atoms with Crippen molar-refractivity contribution in [2.45, 2.75) is 207 Å². The fourth-order valence-corrected chi connectivity index (χ4v) is 5.81. The van der Waals surface area contributed by atoms with Crippen molar-refractivity contribution >= 4 is 17.8 Å². The first-order chi connectivity index (χ1) is 21.0. The van der Waals surface area contributed by atoms with Crippen LogP contribution in [0.2, 0.25) is 0 Å². The van der Waals surface area contributed by atoms with Crippen molar-refractivity contribution in [2.24, 2.45) is 0 Å². The van der Waals surface area contributed by atoms with E-state index in [2.05, 4.69) is 26.1 Å². The van der Waals surface area contributed by atoms with Gasteiger partial charge in [-0.1, -0.05) is 162 Å². The zero-order chi connectivity index (χ0) is 31.8. The van der Waals surface area contributed by atoms with Crippen LogP contribution in [0, 0.1) is 0 Å². The Labute approximate surface area is 266 Å². The average molecular weight is 609 g/mol. The molecule has 0 saturated carbocycles. The van der Waals surface area contributed by atoms with Crippen molar-refractivity contribution in [2.75, 3.05) is 13.1 Å². The number of amides is 2. The maximum absolute atomic E-state index is 13.6. The summed E-state index contributed by atoms with van der Waals surface area (Å²) in [6.45, 7) is 8.04. The number of carbonyl (C=O) groups is 3. The number of carboxylic acids is 1. The van der Waals surface area contributed by atoms with E-state index >= 15 is 0 Å². The van der Waals surface area contributed by atoms with Crippen molar-refractivity contribution in [1.82, 2.24) is 10.2 Å². The number of hydrogen-bond acceptors (Lipinski definition) is 3. The molecule has 43 heavy (non-hydrogen) atoms. The molecule has 0 aliphatic heterocycles. The second kappa shape index (κ2) is 31.8. The molecule has 6 heteroatoms. The number of carboxylic acid groups (broad SMARTS) is 1. The maximum atomic E-state index is 13.6. The summed E-state index contributed by atoms with van der Waals surface area (Å²) in [5.74, 6) is -1.15. The molecule has 0 spiro atoms. The third-order valence-corrected chi connectivity index (χ3v) is 8.66. The Bertz CT molecular complexity index is 641. The van der Waals surface area contributed by atoms with Gasteiger partial charge in [0.2, 0.25) is 11.8 Å². The van der Waals surface area contributed by atoms with Gasteiger partial charge in [0.15, 0.2) is 0 Å². The van der Waals surface area contributed by atoms with Crippen LogP contribution >= 0.6 is 0 Å². The summed E-state index contributed by atoms with van der Waals surface area (Å²) in [5.41, 5.74) is 0. The molecular weight excluding hydrogens is 536 g/mol. The van der Waals surface area contributed by atoms with Crippen LogP contribution in [0.4, 0.5) is 0 Å². The lowest BCUT2D eigenvalue weighted by molar-refractivity contribution is -0.139. The number of hydrogen-bond donors (Lipinski definition) is 2. The molecule has 0 rings (SSSR count). The van der Waals surface area contributed by atoms with Gasteiger partial charge in [-0.2, -0.15) is 0 Å². The molecule has 2 amide bonds. The van der Waals surface area contributed by atoms with Crippen molar-refractivity contribution in [3.05, 3.63) is 0 Å². The summed E-state index contributed by atoms with van der Waals surface area (Å²) in [4.78, 5) is 39.6. The van der Waals surface area contributed by atoms with Gasteiger partial charge in [-0.15, -0.1) is 0 Å². The molecule has 0 bridgehead atoms. The van der Waals surface area contributed by atoms with Crippen LogP contribution in [0.25, 0.3) is 0 Å². The number of nitrogens with one attached hydrogen (secondary N) is 1. The number of carbonyl (C=O) groups excluding carboxylic acids is 2. The fourth-order valence-electron chi connectivity index (χ4n) is 5.81. The number of nitrogens with zero attached hydrogens (tertiary/aromatic N) is 1. The van der Waals surface area contributed by atoms with Crippen LogP contribution in [0.1, 0.15) is 201 Å². The number of rotatable bonds is 33. The van der Waals surface area contributed by atoms with Gasteiger partial charge in [0.25, 0.3) is 0 Å². The van der Waals surface area contributed by atoms with Gasteiger partial charge < -0.3 is 15.3 Å². The highest BCUT2D eigenvalue weighted by molar-refractivity contribution is 5.88. The summed E-state index contributed by atoms with van der Waals surface area (Å²) in [6, 6.07) is -0.744. The Morgan fingerprint density at radius 3 is 1.23 bits per heavy atom. The summed E-state index contributed by atoms with van der Waals surface area (Å²) >= 11 is 0. The second-order valence-electron chi connectivity index (χ2n) is 12.9. The van der Waals surface area contributed by atoms with Gasteiger partial charge in [-0.3, -0.25) is 14.4 Å². The van der Waals surface area contributed by atoms with E-state index in [-0.39, 0.29) is 24.7 Å². The summed E-state index contributed by atoms with van der Waals surface area (Å²) in [5, 5.41) is 12.2. The Kier molecular flexibility index (Phi) is 30.6. The Morgan fingerprint density at radius 1 is 0.512 bits per heavy atom. The summed E-state index contributed by atoms with van der Waals surface area (Å²) in [7, 11) is 0. The van der Waals surface area contributed by atoms with Gasteiger partial charge in [-0.25, -0.2) is 0 Å². The first-order valence-electron chi connectivity index (χ1n) is 18.8. The molecule has 0 radical (unpaired) electrons. The zero-order valence-corrected chi connectivity index (χ0v) is 28.9. The van der Waals surface area contributed by atoms with E-state index < -0.39 is 12.0 Å². The normalized spacial score (nSPS) is 11.9. The highest BCUT2D eigenvalue weighted by atomic mass is 16.4. The van der Waals surface area contributed by atoms with Crippen LogP contribution in [0.5, 0.6) is 0 Å². The monoisotopic (exact) mass is 609 g/mol. The largest absolute Gasteiger partial charge is 0.481 e. The molecule has 0 saturated heterocycles. The van der Waals surface area contributed by atoms with E-state index in [1.807, 2.05) is 4.90 Å². The third kappa shape index (κ3) is 27.7. The molecule has 1 unspecified atom stereocenters. The lowest BCUT2D eigenvalue weighted by atomic mass is 10.0. The molecule has 0 fully saturated rings. The first kappa shape index (κ1) is 41.4. The van der Waals surface area contributed by atoms with E-state index in [0.717, 1.165) is 44.9 Å². The Morgan fingerprint density at radius 2 is 0.860 bits per heavy atom. The quantitative estimate of drug-likeness (QED) is 0.0726. The van der Waals surface area contributed by atoms with Crippen LogP contribution in [0.15, 0.2) is 0 Å². The Hall–Kier alpha value is -1.59. The zero-order valence-electron chi connectivity index (χ0n) is 28.9. The van der Waals surface area contributed by atoms with Crippen LogP contribution in [-0.2, 0) is 14.4 Å². The van der Waals surface area contributed by atoms with Crippen molar-refractivity contribution in [3.63, 3.8) is 0 Å². The van der Waals surface area contributed by atoms with Crippen LogP contribution < -0.4 is 5.32 Å². The molecule has 6 nitrogen and oxygen atoms in total. The molecule has 1 atom stereocenters. The Balaban J connectivity index is 4.44. The number of unbranched alkanes of at least 4 members (excludes halogenated alkanes) is 22. The molecule has 0 aliphatic rings. The molecule has 0 heterocycles. The molecule has 0 aliphatic carbocycles. The van der Waals surface area contributed by atoms with Crippen molar-refractivity contribution in [1.29, 1.82) is 0 Å². The van der Waals surface area contributed by atoms with Crippen LogP contribution in [0.3, 0.4) is 0 Å². The lowest BCUT2D eigenvalue weighted by Gasteiger charge is -2.28. The van der Waals surface area contributed by atoms with E-state index in [9.17, 15) is 19.5 Å². The minimum Gasteiger partial charge on any atom is -0.481 e.